The SMILES string of the molecule is CC[C@@]1(O)C(=O)OCc2c1cc1n(c2=O)Cc2c-1nc1cc(F)c(C)c3c1c2[C@](N)(CO)CC3. The molecule has 4 heterocycles. The lowest BCUT2D eigenvalue weighted by Crippen LogP contribution is -2.44. The first-order chi connectivity index (χ1) is 16.1. The first-order valence-corrected chi connectivity index (χ1v) is 11.4. The number of ether oxygens (including phenoxy) is 1. The highest BCUT2D eigenvalue weighted by Gasteiger charge is 2.46. The van der Waals surface area contributed by atoms with Gasteiger partial charge in [0.1, 0.15) is 12.4 Å². The highest BCUT2D eigenvalue weighted by Crippen LogP contribution is 2.47. The molecule has 34 heavy (non-hydrogen) atoms. The van der Waals surface area contributed by atoms with E-state index in [2.05, 4.69) is 0 Å². The fourth-order valence-electron chi connectivity index (χ4n) is 5.88. The van der Waals surface area contributed by atoms with E-state index in [1.807, 2.05) is 0 Å². The number of hydrogen-bond acceptors (Lipinski definition) is 7. The summed E-state index contributed by atoms with van der Waals surface area (Å²) in [6.07, 6.45) is 0.968. The highest BCUT2D eigenvalue weighted by atomic mass is 19.1. The second-order valence-corrected chi connectivity index (χ2v) is 9.59. The van der Waals surface area contributed by atoms with Crippen molar-refractivity contribution in [2.75, 3.05) is 6.61 Å². The molecule has 0 spiro atoms. The van der Waals surface area contributed by atoms with Crippen molar-refractivity contribution in [3.8, 4) is 11.4 Å². The van der Waals surface area contributed by atoms with Gasteiger partial charge in [-0.05, 0) is 48.9 Å². The second kappa shape index (κ2) is 6.71. The summed E-state index contributed by atoms with van der Waals surface area (Å²) >= 11 is 0. The number of esters is 1. The van der Waals surface area contributed by atoms with Crippen LogP contribution in [-0.2, 0) is 40.2 Å². The van der Waals surface area contributed by atoms with Gasteiger partial charge in [0.05, 0.1) is 41.2 Å². The normalized spacial score (nSPS) is 24.6. The number of aryl methyl sites for hydroxylation is 1. The van der Waals surface area contributed by atoms with E-state index in [0.29, 0.717) is 46.4 Å². The van der Waals surface area contributed by atoms with Crippen LogP contribution >= 0.6 is 0 Å². The van der Waals surface area contributed by atoms with Gasteiger partial charge in [-0.25, -0.2) is 14.2 Å². The Balaban J connectivity index is 1.72. The number of pyridine rings is 2. The molecule has 0 saturated carbocycles. The number of fused-ring (bicyclic) bond motifs is 5. The monoisotopic (exact) mass is 465 g/mol. The van der Waals surface area contributed by atoms with Crippen LogP contribution in [0.3, 0.4) is 0 Å². The predicted octanol–water partition coefficient (Wildman–Crippen LogP) is 1.62. The number of carbonyl (C=O) groups excluding carboxylic acids is 1. The van der Waals surface area contributed by atoms with E-state index in [1.165, 1.54) is 10.6 Å². The lowest BCUT2D eigenvalue weighted by molar-refractivity contribution is -0.172. The summed E-state index contributed by atoms with van der Waals surface area (Å²) in [6.45, 7) is 3.00. The predicted molar refractivity (Wildman–Crippen MR) is 120 cm³/mol. The third-order valence-electron chi connectivity index (χ3n) is 7.90. The van der Waals surface area contributed by atoms with Crippen molar-refractivity contribution in [3.63, 3.8) is 0 Å². The van der Waals surface area contributed by atoms with E-state index in [1.54, 1.807) is 19.9 Å². The summed E-state index contributed by atoms with van der Waals surface area (Å²) in [5.41, 5.74) is 7.74. The van der Waals surface area contributed by atoms with Crippen molar-refractivity contribution < 1.29 is 24.1 Å². The maximum absolute atomic E-state index is 14.8. The molecule has 0 saturated heterocycles. The van der Waals surface area contributed by atoms with Crippen LogP contribution in [0.25, 0.3) is 22.3 Å². The first-order valence-electron chi connectivity index (χ1n) is 11.4. The van der Waals surface area contributed by atoms with Gasteiger partial charge >= 0.3 is 5.97 Å². The second-order valence-electron chi connectivity index (χ2n) is 9.59. The number of aliphatic hydroxyl groups excluding tert-OH is 1. The number of nitrogens with two attached hydrogens (primary N) is 1. The standard InChI is InChI=1S/C25H24FN3O5/c1-3-25(33)15-6-18-21-13(8-29(18)22(31)14(15)9-34-23(25)32)20-19-12(4-5-24(20,27)10-30)11(2)16(26)7-17(19)28-21/h6-7,30,33H,3-5,8-10,27H2,1-2H3/t24-,25+/m1/s1. The molecule has 4 N–H and O–H groups in total. The molecular weight excluding hydrogens is 441 g/mol. The van der Waals surface area contributed by atoms with Gasteiger partial charge in [-0.3, -0.25) is 4.79 Å². The largest absolute Gasteiger partial charge is 0.458 e. The minimum absolute atomic E-state index is 0.0370. The molecule has 0 fully saturated rings. The average molecular weight is 465 g/mol. The third-order valence-corrected chi connectivity index (χ3v) is 7.90. The summed E-state index contributed by atoms with van der Waals surface area (Å²) in [5.74, 6) is -1.17. The van der Waals surface area contributed by atoms with Crippen molar-refractivity contribution in [1.29, 1.82) is 0 Å². The molecule has 9 heteroatoms. The zero-order valence-corrected chi connectivity index (χ0v) is 18.9. The molecule has 0 amide bonds. The third kappa shape index (κ3) is 2.44. The summed E-state index contributed by atoms with van der Waals surface area (Å²) in [4.78, 5) is 30.6. The number of benzene rings is 1. The number of aromatic nitrogens is 2. The summed E-state index contributed by atoms with van der Waals surface area (Å²) < 4.78 is 21.4. The van der Waals surface area contributed by atoms with Crippen molar-refractivity contribution in [1.82, 2.24) is 9.55 Å². The summed E-state index contributed by atoms with van der Waals surface area (Å²) in [7, 11) is 0. The van der Waals surface area contributed by atoms with Gasteiger partial charge in [0.2, 0.25) is 0 Å². The molecule has 0 radical (unpaired) electrons. The minimum Gasteiger partial charge on any atom is -0.458 e. The van der Waals surface area contributed by atoms with Crippen molar-refractivity contribution >= 4 is 16.9 Å². The molecule has 2 aromatic heterocycles. The number of nitrogens with zero attached hydrogens (tertiary/aromatic N) is 2. The smallest absolute Gasteiger partial charge is 0.343 e. The number of aliphatic hydroxyl groups is 2. The number of rotatable bonds is 2. The summed E-state index contributed by atoms with van der Waals surface area (Å²) in [6, 6.07) is 2.98. The van der Waals surface area contributed by atoms with E-state index in [0.717, 1.165) is 10.9 Å². The quantitative estimate of drug-likeness (QED) is 0.384. The van der Waals surface area contributed by atoms with E-state index in [9.17, 15) is 24.2 Å². The van der Waals surface area contributed by atoms with Crippen molar-refractivity contribution in [3.05, 3.63) is 61.7 Å². The van der Waals surface area contributed by atoms with E-state index in [4.69, 9.17) is 15.5 Å². The number of hydrogen-bond donors (Lipinski definition) is 3. The van der Waals surface area contributed by atoms with Crippen LogP contribution in [0.15, 0.2) is 16.9 Å². The Bertz CT molecular complexity index is 1510. The number of halogens is 1. The van der Waals surface area contributed by atoms with Crippen LogP contribution in [0.5, 0.6) is 0 Å². The highest BCUT2D eigenvalue weighted by molar-refractivity contribution is 5.93. The molecule has 8 nitrogen and oxygen atoms in total. The molecule has 0 unspecified atom stereocenters. The molecule has 1 aliphatic carbocycles. The molecule has 6 rings (SSSR count). The van der Waals surface area contributed by atoms with E-state index >= 15 is 0 Å². The lowest BCUT2D eigenvalue weighted by atomic mass is 9.74. The fourth-order valence-corrected chi connectivity index (χ4v) is 5.88. The molecule has 176 valence electrons. The van der Waals surface area contributed by atoms with E-state index < -0.39 is 17.1 Å². The van der Waals surface area contributed by atoms with Crippen molar-refractivity contribution in [2.45, 2.75) is 57.4 Å². The Kier molecular flexibility index (Phi) is 4.23. The Morgan fingerprint density at radius 1 is 1.26 bits per heavy atom. The van der Waals surface area contributed by atoms with Crippen LogP contribution in [0.1, 0.15) is 53.1 Å². The van der Waals surface area contributed by atoms with Crippen LogP contribution in [0.2, 0.25) is 0 Å². The minimum atomic E-state index is -1.94. The van der Waals surface area contributed by atoms with Crippen LogP contribution in [0.4, 0.5) is 4.39 Å². The molecule has 2 atom stereocenters. The van der Waals surface area contributed by atoms with E-state index in [-0.39, 0.29) is 48.7 Å². The first kappa shape index (κ1) is 21.4. The zero-order valence-electron chi connectivity index (χ0n) is 18.9. The number of cyclic esters (lactones) is 1. The van der Waals surface area contributed by atoms with Gasteiger partial charge in [0.25, 0.3) is 5.56 Å². The van der Waals surface area contributed by atoms with Gasteiger partial charge in [-0.2, -0.15) is 0 Å². The zero-order chi connectivity index (χ0) is 24.2. The Labute approximate surface area is 193 Å². The fraction of sp³-hybridized carbons (Fsp3) is 0.400. The summed E-state index contributed by atoms with van der Waals surface area (Å²) in [5, 5.41) is 22.1. The number of carbonyl (C=O) groups is 1. The maximum atomic E-state index is 14.8. The van der Waals surface area contributed by atoms with Gasteiger partial charge in [-0.1, -0.05) is 6.92 Å². The molecule has 2 aliphatic heterocycles. The molecule has 1 aromatic carbocycles. The van der Waals surface area contributed by atoms with Gasteiger partial charge in [0, 0.05) is 22.6 Å². The molecule has 0 bridgehead atoms. The van der Waals surface area contributed by atoms with Crippen molar-refractivity contribution in [2.24, 2.45) is 5.73 Å². The van der Waals surface area contributed by atoms with Crippen LogP contribution < -0.4 is 11.3 Å². The Morgan fingerprint density at radius 2 is 2.03 bits per heavy atom. The Hall–Kier alpha value is -3.14. The van der Waals surface area contributed by atoms with Gasteiger partial charge < -0.3 is 25.3 Å². The Morgan fingerprint density at radius 3 is 2.74 bits per heavy atom. The van der Waals surface area contributed by atoms with Gasteiger partial charge in [0.15, 0.2) is 5.60 Å². The van der Waals surface area contributed by atoms with Gasteiger partial charge in [-0.15, -0.1) is 0 Å². The topological polar surface area (TPSA) is 128 Å². The molecule has 3 aliphatic rings. The van der Waals surface area contributed by atoms with Crippen LogP contribution in [0, 0.1) is 12.7 Å². The average Bonchev–Trinajstić information content (AvgIpc) is 3.19. The molecule has 3 aromatic rings. The van der Waals surface area contributed by atoms with Crippen LogP contribution in [-0.4, -0.2) is 32.3 Å². The maximum Gasteiger partial charge on any atom is 0.343 e. The molecular formula is C25H24FN3O5. The lowest BCUT2D eigenvalue weighted by Gasteiger charge is -2.36.